The molecule has 0 aromatic carbocycles. The van der Waals surface area contributed by atoms with Crippen molar-refractivity contribution < 1.29 is 0 Å². The van der Waals surface area contributed by atoms with Gasteiger partial charge in [0.05, 0.1) is 0 Å². The lowest BCUT2D eigenvalue weighted by molar-refractivity contribution is 0.197. The smallest absolute Gasteiger partial charge is 0.0242 e. The van der Waals surface area contributed by atoms with Gasteiger partial charge in [-0.15, -0.1) is 0 Å². The van der Waals surface area contributed by atoms with Crippen LogP contribution >= 0.6 is 22.6 Å². The molecule has 0 aliphatic heterocycles. The highest BCUT2D eigenvalue weighted by Crippen LogP contribution is 2.39. The minimum absolute atomic E-state index is 0.525. The van der Waals surface area contributed by atoms with Gasteiger partial charge in [0.2, 0.25) is 0 Å². The summed E-state index contributed by atoms with van der Waals surface area (Å²) in [6.07, 6.45) is 5.48. The van der Waals surface area contributed by atoms with E-state index in [4.69, 9.17) is 0 Å². The Labute approximate surface area is 90.0 Å². The molecule has 0 amide bonds. The van der Waals surface area contributed by atoms with E-state index in [-0.39, 0.29) is 0 Å². The second-order valence-corrected chi connectivity index (χ2v) is 5.53. The van der Waals surface area contributed by atoms with Crippen LogP contribution in [0.25, 0.3) is 0 Å². The van der Waals surface area contributed by atoms with E-state index in [1.54, 1.807) is 5.57 Å². The van der Waals surface area contributed by atoms with Crippen LogP contribution in [0.5, 0.6) is 0 Å². The average Bonchev–Trinajstić information content (AvgIpc) is 2.03. The highest BCUT2D eigenvalue weighted by atomic mass is 127. The summed E-state index contributed by atoms with van der Waals surface area (Å²) in [5.41, 5.74) is 2.19. The summed E-state index contributed by atoms with van der Waals surface area (Å²) >= 11 is 2.37. The Bertz CT molecular complexity index is 164. The fourth-order valence-electron chi connectivity index (χ4n) is 1.96. The number of rotatable bonds is 0. The van der Waals surface area contributed by atoms with Crippen LogP contribution in [0.2, 0.25) is 0 Å². The molecule has 1 rings (SSSR count). The first-order chi connectivity index (χ1) is 5.54. The van der Waals surface area contributed by atoms with Gasteiger partial charge in [-0.2, -0.15) is 0 Å². The molecule has 0 N–H and O–H groups in total. The van der Waals surface area contributed by atoms with Gasteiger partial charge in [0, 0.05) is 0 Å². The Morgan fingerprint density at radius 2 is 1.75 bits per heavy atom. The Hall–Kier alpha value is 0.470. The summed E-state index contributed by atoms with van der Waals surface area (Å²) in [6, 6.07) is 0. The highest BCUT2D eigenvalue weighted by molar-refractivity contribution is 14.1. The molecular weight excluding hydrogens is 259 g/mol. The van der Waals surface area contributed by atoms with Gasteiger partial charge in [-0.3, -0.25) is 0 Å². The van der Waals surface area contributed by atoms with Crippen LogP contribution in [0.3, 0.4) is 0 Å². The molecule has 0 heterocycles. The molecule has 1 saturated carbocycles. The zero-order valence-corrected chi connectivity index (χ0v) is 10.5. The summed E-state index contributed by atoms with van der Waals surface area (Å²) in [6.45, 7) is 7.11. The van der Waals surface area contributed by atoms with Crippen molar-refractivity contribution in [2.75, 3.05) is 0 Å². The summed E-state index contributed by atoms with van der Waals surface area (Å²) < 4.78 is 2.27. The molecular formula is C11H19I. The van der Waals surface area contributed by atoms with Gasteiger partial charge in [0.25, 0.3) is 0 Å². The van der Waals surface area contributed by atoms with Crippen molar-refractivity contribution in [2.45, 2.75) is 46.5 Å². The number of hydrogen-bond acceptors (Lipinski definition) is 0. The first-order valence-electron chi connectivity index (χ1n) is 4.82. The minimum Gasteiger partial charge on any atom is -0.0641 e. The predicted molar refractivity (Wildman–Crippen MR) is 63.5 cm³/mol. The van der Waals surface area contributed by atoms with Gasteiger partial charge in [-0.1, -0.05) is 48.9 Å². The van der Waals surface area contributed by atoms with Gasteiger partial charge >= 0.3 is 0 Å². The van der Waals surface area contributed by atoms with E-state index < -0.39 is 0 Å². The van der Waals surface area contributed by atoms with E-state index in [0.717, 1.165) is 5.92 Å². The van der Waals surface area contributed by atoms with Gasteiger partial charge in [0.1, 0.15) is 0 Å². The Balaban J connectivity index is 2.47. The van der Waals surface area contributed by atoms with Gasteiger partial charge < -0.3 is 0 Å². The molecule has 0 spiro atoms. The molecule has 0 aromatic rings. The van der Waals surface area contributed by atoms with Crippen molar-refractivity contribution in [1.29, 1.82) is 0 Å². The summed E-state index contributed by atoms with van der Waals surface area (Å²) in [7, 11) is 0. The fourth-order valence-corrected chi connectivity index (χ4v) is 2.59. The molecule has 12 heavy (non-hydrogen) atoms. The molecule has 0 radical (unpaired) electrons. The molecule has 0 saturated heterocycles. The molecule has 0 aromatic heterocycles. The van der Waals surface area contributed by atoms with Crippen molar-refractivity contribution in [3.8, 4) is 0 Å². The number of hydrogen-bond donors (Lipinski definition) is 0. The normalized spacial score (nSPS) is 25.7. The molecule has 0 unspecified atom stereocenters. The van der Waals surface area contributed by atoms with Crippen molar-refractivity contribution in [2.24, 2.45) is 11.3 Å². The zero-order chi connectivity index (χ0) is 9.19. The molecule has 1 aliphatic carbocycles. The van der Waals surface area contributed by atoms with E-state index >= 15 is 0 Å². The molecule has 0 bridgehead atoms. The topological polar surface area (TPSA) is 0 Å². The molecule has 1 aliphatic rings. The molecule has 0 nitrogen and oxygen atoms in total. The molecule has 70 valence electrons. The van der Waals surface area contributed by atoms with Crippen LogP contribution < -0.4 is 0 Å². The van der Waals surface area contributed by atoms with Crippen molar-refractivity contribution in [1.82, 2.24) is 0 Å². The number of allylic oxidation sites excluding steroid dienone is 1. The highest BCUT2D eigenvalue weighted by Gasteiger charge is 2.27. The van der Waals surface area contributed by atoms with Crippen molar-refractivity contribution in [3.63, 3.8) is 0 Å². The summed E-state index contributed by atoms with van der Waals surface area (Å²) in [5.74, 6) is 0.942. The van der Waals surface area contributed by atoms with Gasteiger partial charge in [0.15, 0.2) is 0 Å². The van der Waals surface area contributed by atoms with Gasteiger partial charge in [-0.25, -0.2) is 0 Å². The minimum atomic E-state index is 0.525. The van der Waals surface area contributed by atoms with E-state index in [1.165, 1.54) is 25.7 Å². The SMILES string of the molecule is CC(C)(C)C1CCC(=CI)CC1. The van der Waals surface area contributed by atoms with E-state index in [1.807, 2.05) is 0 Å². The van der Waals surface area contributed by atoms with E-state index in [0.29, 0.717) is 5.41 Å². The average molecular weight is 278 g/mol. The third-order valence-electron chi connectivity index (χ3n) is 3.01. The first kappa shape index (κ1) is 10.6. The second kappa shape index (κ2) is 4.12. The molecule has 1 heteroatoms. The van der Waals surface area contributed by atoms with E-state index in [2.05, 4.69) is 47.4 Å². The van der Waals surface area contributed by atoms with Crippen LogP contribution in [0.15, 0.2) is 9.66 Å². The lowest BCUT2D eigenvalue weighted by Crippen LogP contribution is -2.23. The van der Waals surface area contributed by atoms with Crippen LogP contribution in [0, 0.1) is 11.3 Å². The predicted octanol–water partition coefficient (Wildman–Crippen LogP) is 4.54. The first-order valence-corrected chi connectivity index (χ1v) is 6.06. The standard InChI is InChI=1S/C11H19I/c1-11(2,3)10-6-4-9(8-12)5-7-10/h8,10H,4-7H2,1-3H3. The summed E-state index contributed by atoms with van der Waals surface area (Å²) in [4.78, 5) is 0. The Kier molecular flexibility index (Phi) is 3.62. The third kappa shape index (κ3) is 2.75. The van der Waals surface area contributed by atoms with Crippen LogP contribution in [0.1, 0.15) is 46.5 Å². The maximum absolute atomic E-state index is 2.37. The van der Waals surface area contributed by atoms with Crippen molar-refractivity contribution in [3.05, 3.63) is 9.66 Å². The number of halogens is 1. The lowest BCUT2D eigenvalue weighted by atomic mass is 9.71. The fraction of sp³-hybridized carbons (Fsp3) is 0.818. The Morgan fingerprint density at radius 3 is 2.08 bits per heavy atom. The van der Waals surface area contributed by atoms with Gasteiger partial charge in [-0.05, 0) is 41.1 Å². The van der Waals surface area contributed by atoms with Crippen LogP contribution in [0.4, 0.5) is 0 Å². The van der Waals surface area contributed by atoms with Crippen molar-refractivity contribution >= 4 is 22.6 Å². The van der Waals surface area contributed by atoms with E-state index in [9.17, 15) is 0 Å². The molecule has 1 fully saturated rings. The van der Waals surface area contributed by atoms with Crippen LogP contribution in [-0.2, 0) is 0 Å². The largest absolute Gasteiger partial charge is 0.0641 e. The maximum atomic E-state index is 2.37. The lowest BCUT2D eigenvalue weighted by Gasteiger charge is -2.34. The Morgan fingerprint density at radius 1 is 1.25 bits per heavy atom. The second-order valence-electron chi connectivity index (χ2n) is 4.91. The monoisotopic (exact) mass is 278 g/mol. The quantitative estimate of drug-likeness (QED) is 0.570. The summed E-state index contributed by atoms with van der Waals surface area (Å²) in [5, 5.41) is 0. The van der Waals surface area contributed by atoms with Crippen LogP contribution in [-0.4, -0.2) is 0 Å². The third-order valence-corrected chi connectivity index (χ3v) is 3.89. The maximum Gasteiger partial charge on any atom is -0.0242 e. The zero-order valence-electron chi connectivity index (χ0n) is 8.36. The molecule has 0 atom stereocenters.